The van der Waals surface area contributed by atoms with Crippen molar-refractivity contribution in [2.45, 2.75) is 43.9 Å². The molecule has 29 heavy (non-hydrogen) atoms. The molecule has 156 valence electrons. The Morgan fingerprint density at radius 1 is 1.07 bits per heavy atom. The van der Waals surface area contributed by atoms with Gasteiger partial charge in [-0.1, -0.05) is 24.3 Å². The summed E-state index contributed by atoms with van der Waals surface area (Å²) in [6.45, 7) is 3.16. The van der Waals surface area contributed by atoms with Crippen molar-refractivity contribution in [2.75, 3.05) is 10.8 Å². The Balaban J connectivity index is 1.97. The minimum absolute atomic E-state index is 0.0184. The fourth-order valence-electron chi connectivity index (χ4n) is 3.45. The average molecular weight is 426 g/mol. The van der Waals surface area contributed by atoms with E-state index >= 15 is 0 Å². The number of rotatable bonds is 4. The molecule has 9 heteroatoms. The Labute approximate surface area is 167 Å². The van der Waals surface area contributed by atoms with Gasteiger partial charge < -0.3 is 4.90 Å². The number of amides is 1. The third-order valence-corrected chi connectivity index (χ3v) is 6.76. The minimum atomic E-state index is -4.96. The second kappa shape index (κ2) is 7.70. The van der Waals surface area contributed by atoms with Crippen molar-refractivity contribution in [1.29, 1.82) is 0 Å². The number of hydrogen-bond acceptors (Lipinski definition) is 3. The lowest BCUT2D eigenvalue weighted by molar-refractivity contribution is -0.186. The summed E-state index contributed by atoms with van der Waals surface area (Å²) in [6.07, 6.45) is -4.72. The van der Waals surface area contributed by atoms with Gasteiger partial charge in [0.15, 0.2) is 0 Å². The van der Waals surface area contributed by atoms with Crippen LogP contribution >= 0.6 is 0 Å². The lowest BCUT2D eigenvalue weighted by Crippen LogP contribution is -2.43. The molecular formula is C20H21F3N2O3S. The number of sulfonamides is 1. The van der Waals surface area contributed by atoms with Gasteiger partial charge in [-0.05, 0) is 55.7 Å². The molecule has 0 saturated carbocycles. The second-order valence-corrected chi connectivity index (χ2v) is 8.95. The van der Waals surface area contributed by atoms with E-state index in [2.05, 4.69) is 0 Å². The van der Waals surface area contributed by atoms with Gasteiger partial charge in [0, 0.05) is 19.1 Å². The summed E-state index contributed by atoms with van der Waals surface area (Å²) in [5, 5.41) is 0. The number of nitrogens with zero attached hydrogens (tertiary/aromatic N) is 2. The first-order chi connectivity index (χ1) is 13.5. The molecule has 0 saturated heterocycles. The molecule has 1 aliphatic heterocycles. The molecule has 1 aliphatic rings. The molecule has 5 nitrogen and oxygen atoms in total. The van der Waals surface area contributed by atoms with E-state index < -0.39 is 22.1 Å². The number of carbonyl (C=O) groups is 1. The summed E-state index contributed by atoms with van der Waals surface area (Å²) in [5.74, 6) is -1.91. The molecule has 0 radical (unpaired) electrons. The van der Waals surface area contributed by atoms with Crippen LogP contribution < -0.4 is 4.31 Å². The van der Waals surface area contributed by atoms with Crippen LogP contribution in [0.1, 0.15) is 25.0 Å². The van der Waals surface area contributed by atoms with Crippen LogP contribution in [0.25, 0.3) is 0 Å². The lowest BCUT2D eigenvalue weighted by Gasteiger charge is -2.31. The fraction of sp³-hybridized carbons (Fsp3) is 0.350. The third kappa shape index (κ3) is 4.24. The molecule has 0 aromatic heterocycles. The molecule has 0 fully saturated rings. The first-order valence-electron chi connectivity index (χ1n) is 9.09. The van der Waals surface area contributed by atoms with E-state index in [1.54, 1.807) is 50.2 Å². The van der Waals surface area contributed by atoms with E-state index in [0.717, 1.165) is 5.56 Å². The standard InChI is InChI=1S/C20H21F3N2O3S/c1-14(2)25(17-6-4-3-5-7-17)29(27,28)18-9-8-15-10-11-24(13-16(15)12-18)19(26)20(21,22)23/h3-9,12,14H,10-11,13H2,1-2H3. The predicted octanol–water partition coefficient (Wildman–Crippen LogP) is 3.74. The molecule has 2 aromatic carbocycles. The number of alkyl halides is 3. The van der Waals surface area contributed by atoms with Gasteiger partial charge in [-0.3, -0.25) is 9.10 Å². The van der Waals surface area contributed by atoms with Gasteiger partial charge in [0.25, 0.3) is 10.0 Å². The number of anilines is 1. The quantitative estimate of drug-likeness (QED) is 0.749. The highest BCUT2D eigenvalue weighted by atomic mass is 32.2. The maximum atomic E-state index is 13.3. The SMILES string of the molecule is CC(C)N(c1ccccc1)S(=O)(=O)c1ccc2c(c1)CN(C(=O)C(F)(F)F)CC2. The molecule has 0 spiro atoms. The van der Waals surface area contributed by atoms with E-state index in [0.29, 0.717) is 16.2 Å². The second-order valence-electron chi connectivity index (χ2n) is 7.14. The molecular weight excluding hydrogens is 405 g/mol. The van der Waals surface area contributed by atoms with Crippen LogP contribution in [-0.2, 0) is 27.8 Å². The largest absolute Gasteiger partial charge is 0.471 e. The van der Waals surface area contributed by atoms with Gasteiger partial charge in [-0.25, -0.2) is 8.42 Å². The minimum Gasteiger partial charge on any atom is -0.330 e. The van der Waals surface area contributed by atoms with Gasteiger partial charge in [-0.15, -0.1) is 0 Å². The number of benzene rings is 2. The van der Waals surface area contributed by atoms with Crippen LogP contribution in [0.5, 0.6) is 0 Å². The normalized spacial score (nSPS) is 14.6. The van der Waals surface area contributed by atoms with Crippen molar-refractivity contribution in [1.82, 2.24) is 4.90 Å². The molecule has 0 unspecified atom stereocenters. The molecule has 0 N–H and O–H groups in total. The molecule has 3 rings (SSSR count). The van der Waals surface area contributed by atoms with E-state index in [-0.39, 0.29) is 30.4 Å². The van der Waals surface area contributed by atoms with Crippen LogP contribution in [0.4, 0.5) is 18.9 Å². The number of para-hydroxylation sites is 1. The lowest BCUT2D eigenvalue weighted by atomic mass is 10.00. The van der Waals surface area contributed by atoms with Gasteiger partial charge in [0.05, 0.1) is 10.6 Å². The van der Waals surface area contributed by atoms with Crippen molar-refractivity contribution >= 4 is 21.6 Å². The van der Waals surface area contributed by atoms with Crippen molar-refractivity contribution < 1.29 is 26.4 Å². The van der Waals surface area contributed by atoms with Gasteiger partial charge in [0.2, 0.25) is 0 Å². The summed E-state index contributed by atoms with van der Waals surface area (Å²) in [7, 11) is -3.95. The third-order valence-electron chi connectivity index (χ3n) is 4.76. The van der Waals surface area contributed by atoms with Crippen LogP contribution in [0.3, 0.4) is 0 Å². The highest BCUT2D eigenvalue weighted by Gasteiger charge is 2.43. The average Bonchev–Trinajstić information content (AvgIpc) is 2.66. The van der Waals surface area contributed by atoms with Crippen molar-refractivity contribution in [3.05, 3.63) is 59.7 Å². The number of carbonyl (C=O) groups excluding carboxylic acids is 1. The molecule has 2 aromatic rings. The van der Waals surface area contributed by atoms with E-state index in [1.165, 1.54) is 16.4 Å². The summed E-state index contributed by atoms with van der Waals surface area (Å²) in [6, 6.07) is 12.7. The predicted molar refractivity (Wildman–Crippen MR) is 103 cm³/mol. The number of hydrogen-bond donors (Lipinski definition) is 0. The number of fused-ring (bicyclic) bond motifs is 1. The molecule has 0 atom stereocenters. The first kappa shape index (κ1) is 21.2. The highest BCUT2D eigenvalue weighted by molar-refractivity contribution is 7.92. The van der Waals surface area contributed by atoms with E-state index in [1.807, 2.05) is 0 Å². The van der Waals surface area contributed by atoms with E-state index in [9.17, 15) is 26.4 Å². The molecule has 0 aliphatic carbocycles. The summed E-state index contributed by atoms with van der Waals surface area (Å²) >= 11 is 0. The van der Waals surface area contributed by atoms with Crippen LogP contribution in [0.15, 0.2) is 53.4 Å². The zero-order chi connectivity index (χ0) is 21.4. The zero-order valence-electron chi connectivity index (χ0n) is 16.0. The van der Waals surface area contributed by atoms with Crippen molar-refractivity contribution in [3.63, 3.8) is 0 Å². The molecule has 1 heterocycles. The highest BCUT2D eigenvalue weighted by Crippen LogP contribution is 2.30. The Morgan fingerprint density at radius 3 is 2.31 bits per heavy atom. The Bertz CT molecular complexity index is 1010. The first-order valence-corrected chi connectivity index (χ1v) is 10.5. The maximum Gasteiger partial charge on any atom is 0.471 e. The summed E-state index contributed by atoms with van der Waals surface area (Å²) in [5.41, 5.74) is 1.65. The maximum absolute atomic E-state index is 13.3. The Morgan fingerprint density at radius 2 is 1.72 bits per heavy atom. The fourth-order valence-corrected chi connectivity index (χ4v) is 5.16. The Kier molecular flexibility index (Phi) is 5.62. The topological polar surface area (TPSA) is 57.7 Å². The Hall–Kier alpha value is -2.55. The van der Waals surface area contributed by atoms with Crippen LogP contribution in [0.2, 0.25) is 0 Å². The smallest absolute Gasteiger partial charge is 0.330 e. The number of halogens is 3. The summed E-state index contributed by atoms with van der Waals surface area (Å²) in [4.78, 5) is 12.3. The van der Waals surface area contributed by atoms with Gasteiger partial charge >= 0.3 is 12.1 Å². The van der Waals surface area contributed by atoms with E-state index in [4.69, 9.17) is 0 Å². The van der Waals surface area contributed by atoms with Gasteiger partial charge in [0.1, 0.15) is 0 Å². The van der Waals surface area contributed by atoms with Crippen LogP contribution in [0, 0.1) is 0 Å². The van der Waals surface area contributed by atoms with Gasteiger partial charge in [-0.2, -0.15) is 13.2 Å². The van der Waals surface area contributed by atoms with Crippen molar-refractivity contribution in [3.8, 4) is 0 Å². The molecule has 1 amide bonds. The summed E-state index contributed by atoms with van der Waals surface area (Å²) < 4.78 is 66.2. The van der Waals surface area contributed by atoms with Crippen LogP contribution in [-0.4, -0.2) is 38.0 Å². The monoisotopic (exact) mass is 426 g/mol. The van der Waals surface area contributed by atoms with Crippen molar-refractivity contribution in [2.24, 2.45) is 0 Å². The molecule has 0 bridgehead atoms. The zero-order valence-corrected chi connectivity index (χ0v) is 16.8.